The molecule has 1 aromatic rings. The summed E-state index contributed by atoms with van der Waals surface area (Å²) < 4.78 is 5.68. The van der Waals surface area contributed by atoms with Crippen LogP contribution in [0.2, 0.25) is 0 Å². The third-order valence-electron chi connectivity index (χ3n) is 4.83. The smallest absolute Gasteiger partial charge is 0.223 e. The zero-order chi connectivity index (χ0) is 16.4. The predicted octanol–water partition coefficient (Wildman–Crippen LogP) is 2.19. The summed E-state index contributed by atoms with van der Waals surface area (Å²) in [6, 6.07) is 6.13. The number of amides is 2. The number of nitrogens with one attached hydrogen (secondary N) is 1. The van der Waals surface area contributed by atoms with Crippen molar-refractivity contribution in [1.82, 2.24) is 10.2 Å². The van der Waals surface area contributed by atoms with Crippen LogP contribution in [0.1, 0.15) is 43.4 Å². The van der Waals surface area contributed by atoms with Crippen molar-refractivity contribution in [3.63, 3.8) is 0 Å². The number of hydrogen-bond donors (Lipinski definition) is 1. The number of nitrogens with zero attached hydrogens (tertiary/aromatic N) is 1. The van der Waals surface area contributed by atoms with Crippen LogP contribution in [0.15, 0.2) is 18.2 Å². The summed E-state index contributed by atoms with van der Waals surface area (Å²) in [6.45, 7) is 5.62. The van der Waals surface area contributed by atoms with Gasteiger partial charge in [-0.15, -0.1) is 0 Å². The molecule has 1 aromatic carbocycles. The normalized spacial score (nSPS) is 21.3. The molecule has 2 aliphatic rings. The molecule has 2 heterocycles. The molecule has 0 radical (unpaired) electrons. The van der Waals surface area contributed by atoms with Gasteiger partial charge < -0.3 is 15.0 Å². The molecule has 1 fully saturated rings. The van der Waals surface area contributed by atoms with Crippen molar-refractivity contribution in [2.45, 2.75) is 39.2 Å². The number of hydrogen-bond acceptors (Lipinski definition) is 3. The minimum Gasteiger partial charge on any atom is -0.493 e. The lowest BCUT2D eigenvalue weighted by atomic mass is 9.93. The maximum Gasteiger partial charge on any atom is 0.223 e. The number of carbonyl (C=O) groups excluding carboxylic acids is 2. The SMILES string of the molecule is CC(=O)N1CCC(C(=O)NC2CCOc3ccc(C)cc32)CC1. The van der Waals surface area contributed by atoms with Crippen molar-refractivity contribution < 1.29 is 14.3 Å². The number of rotatable bonds is 2. The van der Waals surface area contributed by atoms with Crippen LogP contribution in [0, 0.1) is 12.8 Å². The van der Waals surface area contributed by atoms with Gasteiger partial charge in [-0.2, -0.15) is 0 Å². The predicted molar refractivity (Wildman–Crippen MR) is 87.2 cm³/mol. The number of piperidine rings is 1. The van der Waals surface area contributed by atoms with E-state index in [1.54, 1.807) is 6.92 Å². The summed E-state index contributed by atoms with van der Waals surface area (Å²) in [4.78, 5) is 25.8. The summed E-state index contributed by atoms with van der Waals surface area (Å²) in [5, 5.41) is 3.19. The number of carbonyl (C=O) groups is 2. The van der Waals surface area contributed by atoms with Crippen LogP contribution in [0.25, 0.3) is 0 Å². The lowest BCUT2D eigenvalue weighted by Crippen LogP contribution is -2.43. The van der Waals surface area contributed by atoms with Crippen LogP contribution in [-0.2, 0) is 9.59 Å². The lowest BCUT2D eigenvalue weighted by Gasteiger charge is -2.33. The van der Waals surface area contributed by atoms with E-state index in [0.29, 0.717) is 19.7 Å². The van der Waals surface area contributed by atoms with Gasteiger partial charge in [-0.25, -0.2) is 0 Å². The molecule has 1 unspecified atom stereocenters. The Kier molecular flexibility index (Phi) is 4.55. The molecule has 0 spiro atoms. The van der Waals surface area contributed by atoms with E-state index < -0.39 is 0 Å². The van der Waals surface area contributed by atoms with Gasteiger partial charge in [0.05, 0.1) is 12.6 Å². The highest BCUT2D eigenvalue weighted by Gasteiger charge is 2.29. The first-order valence-corrected chi connectivity index (χ1v) is 8.34. The second-order valence-corrected chi connectivity index (χ2v) is 6.52. The Bertz CT molecular complexity index is 606. The third-order valence-corrected chi connectivity index (χ3v) is 4.83. The fourth-order valence-corrected chi connectivity index (χ4v) is 3.41. The first kappa shape index (κ1) is 15.8. The van der Waals surface area contributed by atoms with Gasteiger partial charge in [0.1, 0.15) is 5.75 Å². The summed E-state index contributed by atoms with van der Waals surface area (Å²) >= 11 is 0. The van der Waals surface area contributed by atoms with E-state index in [2.05, 4.69) is 11.4 Å². The van der Waals surface area contributed by atoms with Gasteiger partial charge in [0.15, 0.2) is 0 Å². The van der Waals surface area contributed by atoms with Crippen LogP contribution < -0.4 is 10.1 Å². The highest BCUT2D eigenvalue weighted by Crippen LogP contribution is 2.33. The molecule has 3 rings (SSSR count). The molecule has 0 aliphatic carbocycles. The number of benzene rings is 1. The van der Waals surface area contributed by atoms with E-state index >= 15 is 0 Å². The quantitative estimate of drug-likeness (QED) is 0.910. The molecule has 1 N–H and O–H groups in total. The van der Waals surface area contributed by atoms with Crippen molar-refractivity contribution in [3.8, 4) is 5.75 Å². The second-order valence-electron chi connectivity index (χ2n) is 6.52. The lowest BCUT2D eigenvalue weighted by molar-refractivity contribution is -0.134. The molecule has 2 aliphatic heterocycles. The highest BCUT2D eigenvalue weighted by molar-refractivity contribution is 5.80. The second kappa shape index (κ2) is 6.60. The third kappa shape index (κ3) is 3.49. The topological polar surface area (TPSA) is 58.6 Å². The van der Waals surface area contributed by atoms with Gasteiger partial charge in [0.25, 0.3) is 0 Å². The number of likely N-dealkylation sites (tertiary alicyclic amines) is 1. The Morgan fingerprint density at radius 1 is 1.22 bits per heavy atom. The number of ether oxygens (including phenoxy) is 1. The van der Waals surface area contributed by atoms with Crippen LogP contribution in [0.4, 0.5) is 0 Å². The van der Waals surface area contributed by atoms with Crippen molar-refractivity contribution >= 4 is 11.8 Å². The van der Waals surface area contributed by atoms with E-state index in [9.17, 15) is 9.59 Å². The van der Waals surface area contributed by atoms with Gasteiger partial charge in [0, 0.05) is 37.9 Å². The Hall–Kier alpha value is -2.04. The molecule has 2 amide bonds. The fourth-order valence-electron chi connectivity index (χ4n) is 3.41. The molecular weight excluding hydrogens is 292 g/mol. The molecule has 1 saturated heterocycles. The molecule has 124 valence electrons. The molecule has 5 nitrogen and oxygen atoms in total. The maximum atomic E-state index is 12.6. The first-order chi connectivity index (χ1) is 11.0. The fraction of sp³-hybridized carbons (Fsp3) is 0.556. The average molecular weight is 316 g/mol. The monoisotopic (exact) mass is 316 g/mol. The maximum absolute atomic E-state index is 12.6. The van der Waals surface area contributed by atoms with Gasteiger partial charge in [-0.1, -0.05) is 17.7 Å². The van der Waals surface area contributed by atoms with Gasteiger partial charge in [-0.3, -0.25) is 9.59 Å². The highest BCUT2D eigenvalue weighted by atomic mass is 16.5. The molecule has 23 heavy (non-hydrogen) atoms. The standard InChI is InChI=1S/C18H24N2O3/c1-12-3-4-17-15(11-12)16(7-10-23-17)19-18(22)14-5-8-20(9-6-14)13(2)21/h3-4,11,14,16H,5-10H2,1-2H3,(H,19,22). The van der Waals surface area contributed by atoms with Crippen LogP contribution in [0.5, 0.6) is 5.75 Å². The summed E-state index contributed by atoms with van der Waals surface area (Å²) in [5.41, 5.74) is 2.24. The number of aryl methyl sites for hydroxylation is 1. The Labute approximate surface area is 137 Å². The zero-order valence-electron chi connectivity index (χ0n) is 13.8. The zero-order valence-corrected chi connectivity index (χ0v) is 13.8. The molecule has 0 bridgehead atoms. The van der Waals surface area contributed by atoms with Gasteiger partial charge in [0.2, 0.25) is 11.8 Å². The average Bonchev–Trinajstić information content (AvgIpc) is 2.55. The van der Waals surface area contributed by atoms with Gasteiger partial charge >= 0.3 is 0 Å². The summed E-state index contributed by atoms with van der Waals surface area (Å²) in [6.07, 6.45) is 2.29. The Morgan fingerprint density at radius 3 is 2.65 bits per heavy atom. The van der Waals surface area contributed by atoms with E-state index in [0.717, 1.165) is 30.6 Å². The minimum atomic E-state index is 0.00158. The molecule has 0 aromatic heterocycles. The Morgan fingerprint density at radius 2 is 1.96 bits per heavy atom. The Balaban J connectivity index is 1.63. The van der Waals surface area contributed by atoms with Crippen LogP contribution in [-0.4, -0.2) is 36.4 Å². The van der Waals surface area contributed by atoms with Crippen LogP contribution in [0.3, 0.4) is 0 Å². The largest absolute Gasteiger partial charge is 0.493 e. The van der Waals surface area contributed by atoms with Gasteiger partial charge in [-0.05, 0) is 25.8 Å². The van der Waals surface area contributed by atoms with E-state index in [-0.39, 0.29) is 23.8 Å². The minimum absolute atomic E-state index is 0.00158. The molecule has 5 heteroatoms. The van der Waals surface area contributed by atoms with E-state index in [1.165, 1.54) is 5.56 Å². The van der Waals surface area contributed by atoms with Crippen molar-refractivity contribution in [1.29, 1.82) is 0 Å². The van der Waals surface area contributed by atoms with E-state index in [1.807, 2.05) is 24.0 Å². The molecular formula is C18H24N2O3. The first-order valence-electron chi connectivity index (χ1n) is 8.34. The van der Waals surface area contributed by atoms with Crippen molar-refractivity contribution in [2.75, 3.05) is 19.7 Å². The summed E-state index contributed by atoms with van der Waals surface area (Å²) in [5.74, 6) is 1.07. The summed E-state index contributed by atoms with van der Waals surface area (Å²) in [7, 11) is 0. The van der Waals surface area contributed by atoms with Crippen molar-refractivity contribution in [3.05, 3.63) is 29.3 Å². The molecule has 1 atom stereocenters. The number of fused-ring (bicyclic) bond motifs is 1. The van der Waals surface area contributed by atoms with Crippen molar-refractivity contribution in [2.24, 2.45) is 5.92 Å². The van der Waals surface area contributed by atoms with Crippen LogP contribution >= 0.6 is 0 Å². The molecule has 0 saturated carbocycles. The van der Waals surface area contributed by atoms with E-state index in [4.69, 9.17) is 4.74 Å².